The largest absolute Gasteiger partial charge is 0.357 e. The summed E-state index contributed by atoms with van der Waals surface area (Å²) in [6, 6.07) is 2.22. The molecule has 3 rings (SSSR count). The predicted octanol–water partition coefficient (Wildman–Crippen LogP) is 3.42. The molecule has 1 aliphatic heterocycles. The fourth-order valence-corrected chi connectivity index (χ4v) is 3.54. The Labute approximate surface area is 117 Å². The quantitative estimate of drug-likeness (QED) is 0.912. The standard InChI is InChI=1S/C14H20N4S/c1-10-9-11-12(18-7-5-3-4-6-8-18)16-14(15-2)17-13(11)19-10/h9H,3-8H2,1-2H3,(H,15,16,17). The molecule has 4 nitrogen and oxygen atoms in total. The van der Waals surface area contributed by atoms with Crippen LogP contribution in [0.3, 0.4) is 0 Å². The van der Waals surface area contributed by atoms with E-state index in [2.05, 4.69) is 28.2 Å². The summed E-state index contributed by atoms with van der Waals surface area (Å²) in [6.07, 6.45) is 5.21. The maximum atomic E-state index is 4.71. The molecule has 5 heteroatoms. The number of nitrogens with one attached hydrogen (secondary N) is 1. The molecule has 0 aromatic carbocycles. The van der Waals surface area contributed by atoms with Crippen LogP contribution < -0.4 is 10.2 Å². The molecule has 2 aromatic heterocycles. The first-order valence-corrected chi connectivity index (χ1v) is 7.80. The second-order valence-electron chi connectivity index (χ2n) is 5.10. The molecule has 0 atom stereocenters. The third kappa shape index (κ3) is 2.52. The monoisotopic (exact) mass is 276 g/mol. The van der Waals surface area contributed by atoms with Crippen LogP contribution in [0.15, 0.2) is 6.07 Å². The van der Waals surface area contributed by atoms with E-state index < -0.39 is 0 Å². The molecule has 102 valence electrons. The van der Waals surface area contributed by atoms with Gasteiger partial charge in [-0.2, -0.15) is 4.98 Å². The van der Waals surface area contributed by atoms with Crippen molar-refractivity contribution in [1.82, 2.24) is 9.97 Å². The fourth-order valence-electron chi connectivity index (χ4n) is 2.66. The van der Waals surface area contributed by atoms with E-state index >= 15 is 0 Å². The van der Waals surface area contributed by atoms with Gasteiger partial charge in [-0.1, -0.05) is 12.8 Å². The third-order valence-electron chi connectivity index (χ3n) is 3.63. The first-order chi connectivity index (χ1) is 9.28. The van der Waals surface area contributed by atoms with Gasteiger partial charge in [0.05, 0.1) is 5.39 Å². The first-order valence-electron chi connectivity index (χ1n) is 6.99. The highest BCUT2D eigenvalue weighted by Gasteiger charge is 2.17. The number of aromatic nitrogens is 2. The van der Waals surface area contributed by atoms with E-state index in [-0.39, 0.29) is 0 Å². The van der Waals surface area contributed by atoms with Crippen molar-refractivity contribution < 1.29 is 0 Å². The Morgan fingerprint density at radius 2 is 1.89 bits per heavy atom. The smallest absolute Gasteiger partial charge is 0.225 e. The maximum Gasteiger partial charge on any atom is 0.225 e. The molecule has 0 amide bonds. The average molecular weight is 276 g/mol. The molecular weight excluding hydrogens is 256 g/mol. The van der Waals surface area contributed by atoms with Crippen LogP contribution in [-0.4, -0.2) is 30.1 Å². The molecule has 1 saturated heterocycles. The zero-order valence-electron chi connectivity index (χ0n) is 11.6. The number of hydrogen-bond donors (Lipinski definition) is 1. The van der Waals surface area contributed by atoms with Gasteiger partial charge in [0.2, 0.25) is 5.95 Å². The van der Waals surface area contributed by atoms with Crippen LogP contribution in [-0.2, 0) is 0 Å². The first kappa shape index (κ1) is 12.7. The zero-order valence-corrected chi connectivity index (χ0v) is 12.4. The number of thiophene rings is 1. The Morgan fingerprint density at radius 3 is 2.58 bits per heavy atom. The van der Waals surface area contributed by atoms with Gasteiger partial charge in [-0.05, 0) is 25.8 Å². The molecule has 0 spiro atoms. The second kappa shape index (κ2) is 5.33. The lowest BCUT2D eigenvalue weighted by Crippen LogP contribution is -2.25. The molecular formula is C14H20N4S. The van der Waals surface area contributed by atoms with Crippen LogP contribution in [0.2, 0.25) is 0 Å². The van der Waals surface area contributed by atoms with Crippen molar-refractivity contribution in [3.8, 4) is 0 Å². The predicted molar refractivity (Wildman–Crippen MR) is 82.4 cm³/mol. The Morgan fingerprint density at radius 1 is 1.16 bits per heavy atom. The van der Waals surface area contributed by atoms with Crippen LogP contribution in [0, 0.1) is 6.92 Å². The van der Waals surface area contributed by atoms with Gasteiger partial charge in [0.25, 0.3) is 0 Å². The summed E-state index contributed by atoms with van der Waals surface area (Å²) in [6.45, 7) is 4.37. The van der Waals surface area contributed by atoms with Gasteiger partial charge in [0.1, 0.15) is 10.6 Å². The highest BCUT2D eigenvalue weighted by Crippen LogP contribution is 2.32. The summed E-state index contributed by atoms with van der Waals surface area (Å²) in [5.41, 5.74) is 0. The number of aryl methyl sites for hydroxylation is 1. The summed E-state index contributed by atoms with van der Waals surface area (Å²) >= 11 is 1.75. The Kier molecular flexibility index (Phi) is 3.55. The van der Waals surface area contributed by atoms with Gasteiger partial charge in [-0.3, -0.25) is 0 Å². The van der Waals surface area contributed by atoms with E-state index in [0.29, 0.717) is 0 Å². The lowest BCUT2D eigenvalue weighted by molar-refractivity contribution is 0.726. The average Bonchev–Trinajstić information content (AvgIpc) is 2.64. The van der Waals surface area contributed by atoms with Crippen molar-refractivity contribution in [3.05, 3.63) is 10.9 Å². The molecule has 1 aliphatic rings. The number of nitrogens with zero attached hydrogens (tertiary/aromatic N) is 3. The molecule has 2 aromatic rings. The van der Waals surface area contributed by atoms with Crippen molar-refractivity contribution in [3.63, 3.8) is 0 Å². The van der Waals surface area contributed by atoms with Crippen LogP contribution in [0.1, 0.15) is 30.6 Å². The molecule has 1 N–H and O–H groups in total. The van der Waals surface area contributed by atoms with E-state index in [9.17, 15) is 0 Å². The van der Waals surface area contributed by atoms with E-state index in [1.165, 1.54) is 35.9 Å². The van der Waals surface area contributed by atoms with Gasteiger partial charge in [0, 0.05) is 25.0 Å². The highest BCUT2D eigenvalue weighted by molar-refractivity contribution is 7.18. The minimum Gasteiger partial charge on any atom is -0.357 e. The maximum absolute atomic E-state index is 4.71. The minimum absolute atomic E-state index is 0.730. The van der Waals surface area contributed by atoms with Gasteiger partial charge in [-0.15, -0.1) is 11.3 Å². The Hall–Kier alpha value is -1.36. The number of fused-ring (bicyclic) bond motifs is 1. The van der Waals surface area contributed by atoms with Crippen molar-refractivity contribution in [1.29, 1.82) is 0 Å². The van der Waals surface area contributed by atoms with Gasteiger partial charge < -0.3 is 10.2 Å². The van der Waals surface area contributed by atoms with Gasteiger partial charge in [-0.25, -0.2) is 4.98 Å². The van der Waals surface area contributed by atoms with Crippen molar-refractivity contribution >= 4 is 33.3 Å². The summed E-state index contributed by atoms with van der Waals surface area (Å²) in [5.74, 6) is 1.84. The molecule has 1 fully saturated rings. The van der Waals surface area contributed by atoms with Crippen LogP contribution in [0.4, 0.5) is 11.8 Å². The molecule has 0 saturated carbocycles. The van der Waals surface area contributed by atoms with Crippen molar-refractivity contribution in [2.75, 3.05) is 30.4 Å². The van der Waals surface area contributed by atoms with Crippen molar-refractivity contribution in [2.45, 2.75) is 32.6 Å². The summed E-state index contributed by atoms with van der Waals surface area (Å²) in [5, 5.41) is 4.29. The molecule has 0 aliphatic carbocycles. The molecule has 0 unspecified atom stereocenters. The van der Waals surface area contributed by atoms with Gasteiger partial charge in [0.15, 0.2) is 0 Å². The van der Waals surface area contributed by atoms with E-state index in [0.717, 1.165) is 29.7 Å². The summed E-state index contributed by atoms with van der Waals surface area (Å²) < 4.78 is 0. The lowest BCUT2D eigenvalue weighted by atomic mass is 10.2. The summed E-state index contributed by atoms with van der Waals surface area (Å²) in [7, 11) is 1.88. The number of rotatable bonds is 2. The lowest BCUT2D eigenvalue weighted by Gasteiger charge is -2.22. The Bertz CT molecular complexity index is 570. The van der Waals surface area contributed by atoms with Crippen LogP contribution >= 0.6 is 11.3 Å². The third-order valence-corrected chi connectivity index (χ3v) is 4.57. The van der Waals surface area contributed by atoms with E-state index in [1.807, 2.05) is 7.05 Å². The minimum atomic E-state index is 0.730. The number of anilines is 2. The van der Waals surface area contributed by atoms with E-state index in [4.69, 9.17) is 4.98 Å². The Balaban J connectivity index is 2.08. The number of hydrogen-bond acceptors (Lipinski definition) is 5. The SMILES string of the molecule is CNc1nc(N2CCCCCC2)c2cc(C)sc2n1. The van der Waals surface area contributed by atoms with Crippen molar-refractivity contribution in [2.24, 2.45) is 0 Å². The highest BCUT2D eigenvalue weighted by atomic mass is 32.1. The van der Waals surface area contributed by atoms with Crippen LogP contribution in [0.5, 0.6) is 0 Å². The molecule has 3 heterocycles. The van der Waals surface area contributed by atoms with Crippen LogP contribution in [0.25, 0.3) is 10.2 Å². The summed E-state index contributed by atoms with van der Waals surface area (Å²) in [4.78, 5) is 14.1. The normalized spacial score (nSPS) is 16.6. The fraction of sp³-hybridized carbons (Fsp3) is 0.571. The van der Waals surface area contributed by atoms with E-state index in [1.54, 1.807) is 11.3 Å². The second-order valence-corrected chi connectivity index (χ2v) is 6.33. The topological polar surface area (TPSA) is 41.1 Å². The molecule has 19 heavy (non-hydrogen) atoms. The zero-order chi connectivity index (χ0) is 13.2. The van der Waals surface area contributed by atoms with Gasteiger partial charge >= 0.3 is 0 Å². The molecule has 0 bridgehead atoms. The molecule has 0 radical (unpaired) electrons.